The van der Waals surface area contributed by atoms with Gasteiger partial charge in [-0.3, -0.25) is 4.79 Å². The molecule has 1 unspecified atom stereocenters. The summed E-state index contributed by atoms with van der Waals surface area (Å²) in [6.45, 7) is 0.234. The van der Waals surface area contributed by atoms with E-state index in [0.717, 1.165) is 5.56 Å². The van der Waals surface area contributed by atoms with E-state index in [9.17, 15) is 13.2 Å². The molecule has 0 fully saturated rings. The summed E-state index contributed by atoms with van der Waals surface area (Å²) in [4.78, 5) is 14.8. The van der Waals surface area contributed by atoms with Crippen LogP contribution < -0.4 is 5.32 Å². The Morgan fingerprint density at radius 1 is 1.14 bits per heavy atom. The topological polar surface area (TPSA) is 75.7 Å². The first-order valence-electron chi connectivity index (χ1n) is 9.15. The summed E-state index contributed by atoms with van der Waals surface area (Å²) in [6.07, 6.45) is 0. The lowest BCUT2D eigenvalue weighted by Gasteiger charge is -2.26. The van der Waals surface area contributed by atoms with E-state index >= 15 is 0 Å². The van der Waals surface area contributed by atoms with Crippen LogP contribution in [0.2, 0.25) is 5.02 Å². The minimum absolute atomic E-state index is 0.0459. The van der Waals surface area contributed by atoms with Gasteiger partial charge in [-0.2, -0.15) is 0 Å². The van der Waals surface area contributed by atoms with E-state index in [1.54, 1.807) is 42.5 Å². The van der Waals surface area contributed by atoms with Crippen molar-refractivity contribution in [1.29, 1.82) is 0 Å². The predicted molar refractivity (Wildman–Crippen MR) is 114 cm³/mol. The molecule has 0 aliphatic carbocycles. The lowest BCUT2D eigenvalue weighted by Crippen LogP contribution is -2.37. The first-order chi connectivity index (χ1) is 13.8. The van der Waals surface area contributed by atoms with Crippen LogP contribution in [0.25, 0.3) is 4.91 Å². The zero-order valence-electron chi connectivity index (χ0n) is 16.3. The number of nitrogens with one attached hydrogen (secondary N) is 1. The molecule has 1 amide bonds. The van der Waals surface area contributed by atoms with E-state index in [-0.39, 0.29) is 35.6 Å². The molecule has 2 aromatic rings. The maximum absolute atomic E-state index is 12.9. The van der Waals surface area contributed by atoms with Crippen LogP contribution in [-0.4, -0.2) is 52.2 Å². The fourth-order valence-corrected chi connectivity index (χ4v) is 4.75. The van der Waals surface area contributed by atoms with Crippen LogP contribution in [0, 0.1) is 0 Å². The van der Waals surface area contributed by atoms with Crippen molar-refractivity contribution in [3.05, 3.63) is 76.5 Å². The summed E-state index contributed by atoms with van der Waals surface area (Å²) in [7, 11) is 0.195. The molecule has 1 N–H and O–H groups in total. The van der Waals surface area contributed by atoms with Crippen molar-refractivity contribution in [2.75, 3.05) is 33.0 Å². The number of nitrogens with zero attached hydrogens (tertiary/aromatic N) is 1. The van der Waals surface area contributed by atoms with Crippen molar-refractivity contribution >= 4 is 32.3 Å². The molecule has 1 atom stereocenters. The third-order valence-corrected chi connectivity index (χ3v) is 6.69. The first kappa shape index (κ1) is 21.4. The normalized spacial score (nSPS) is 17.0. The summed E-state index contributed by atoms with van der Waals surface area (Å²) >= 11 is 5.96. The number of hydrogen-bond acceptors (Lipinski definition) is 5. The summed E-state index contributed by atoms with van der Waals surface area (Å²) < 4.78 is 30.8. The zero-order valence-corrected chi connectivity index (χ0v) is 17.8. The molecular formula is C21H23ClN2O4S. The number of benzene rings is 2. The number of sulfone groups is 1. The van der Waals surface area contributed by atoms with E-state index in [0.29, 0.717) is 10.6 Å². The monoisotopic (exact) mass is 434 g/mol. The van der Waals surface area contributed by atoms with Gasteiger partial charge in [0.05, 0.1) is 11.8 Å². The number of rotatable bonds is 6. The van der Waals surface area contributed by atoms with Crippen molar-refractivity contribution in [3.63, 3.8) is 0 Å². The summed E-state index contributed by atoms with van der Waals surface area (Å²) in [5.74, 6) is -0.858. The Morgan fingerprint density at radius 2 is 1.79 bits per heavy atom. The van der Waals surface area contributed by atoms with Gasteiger partial charge in [0, 0.05) is 11.6 Å². The van der Waals surface area contributed by atoms with Crippen LogP contribution in [0.1, 0.15) is 17.2 Å². The number of carbonyl (C=O) groups excluding carboxylic acids is 1. The average molecular weight is 435 g/mol. The Kier molecular flexibility index (Phi) is 6.62. The van der Waals surface area contributed by atoms with Crippen LogP contribution in [0.15, 0.2) is 60.4 Å². The summed E-state index contributed by atoms with van der Waals surface area (Å²) in [5.41, 5.74) is 1.42. The Morgan fingerprint density at radius 3 is 2.41 bits per heavy atom. The van der Waals surface area contributed by atoms with Gasteiger partial charge in [-0.05, 0) is 37.4 Å². The Bertz CT molecular complexity index is 1000. The number of amides is 1. The molecule has 2 aromatic carbocycles. The maximum atomic E-state index is 12.9. The highest BCUT2D eigenvalue weighted by Gasteiger charge is 2.33. The Balaban J connectivity index is 1.87. The molecule has 8 heteroatoms. The Hall–Kier alpha value is -2.35. The van der Waals surface area contributed by atoms with Crippen molar-refractivity contribution < 1.29 is 17.9 Å². The summed E-state index contributed by atoms with van der Waals surface area (Å²) in [6, 6.07) is 15.8. The molecule has 1 aliphatic heterocycles. The lowest BCUT2D eigenvalue weighted by molar-refractivity contribution is -0.121. The second-order valence-corrected chi connectivity index (χ2v) is 9.42. The van der Waals surface area contributed by atoms with Gasteiger partial charge in [0.2, 0.25) is 5.76 Å². The second-order valence-electron chi connectivity index (χ2n) is 6.93. The average Bonchev–Trinajstić information content (AvgIpc) is 2.69. The predicted octanol–water partition coefficient (Wildman–Crippen LogP) is 2.87. The molecule has 154 valence electrons. The van der Waals surface area contributed by atoms with Crippen molar-refractivity contribution in [3.8, 4) is 0 Å². The van der Waals surface area contributed by atoms with Crippen LogP contribution in [-0.2, 0) is 19.4 Å². The molecule has 1 heterocycles. The van der Waals surface area contributed by atoms with Gasteiger partial charge in [-0.1, -0.05) is 54.1 Å². The lowest BCUT2D eigenvalue weighted by atomic mass is 10.1. The molecule has 0 radical (unpaired) electrons. The minimum Gasteiger partial charge on any atom is -0.486 e. The number of carbonyl (C=O) groups is 1. The van der Waals surface area contributed by atoms with Gasteiger partial charge in [0.15, 0.2) is 9.84 Å². The van der Waals surface area contributed by atoms with E-state index in [1.807, 2.05) is 31.1 Å². The van der Waals surface area contributed by atoms with Crippen molar-refractivity contribution in [2.24, 2.45) is 0 Å². The number of likely N-dealkylation sites (N-methyl/N-ethyl adjacent to an activating group) is 1. The highest BCUT2D eigenvalue weighted by Crippen LogP contribution is 2.30. The van der Waals surface area contributed by atoms with Crippen molar-refractivity contribution in [2.45, 2.75) is 6.04 Å². The second kappa shape index (κ2) is 8.98. The van der Waals surface area contributed by atoms with Crippen LogP contribution in [0.4, 0.5) is 0 Å². The van der Waals surface area contributed by atoms with Crippen LogP contribution >= 0.6 is 11.6 Å². The molecule has 0 saturated carbocycles. The molecule has 0 bridgehead atoms. The quantitative estimate of drug-likeness (QED) is 0.756. The van der Waals surface area contributed by atoms with E-state index in [1.165, 1.54) is 0 Å². The molecule has 6 nitrogen and oxygen atoms in total. The minimum atomic E-state index is -3.61. The number of hydrogen-bond donors (Lipinski definition) is 1. The zero-order chi connectivity index (χ0) is 21.0. The number of halogens is 1. The standard InChI is InChI=1S/C21H23ClN2O4S/c1-24(2)18(15-8-10-17(22)11-9-15)14-23-21(25)19-20(16-6-4-3-5-7-16)29(26,27)13-12-28-19/h3-11,18H,12-14H2,1-2H3,(H,23,25). The van der Waals surface area contributed by atoms with Gasteiger partial charge in [-0.15, -0.1) is 0 Å². The van der Waals surface area contributed by atoms with Crippen molar-refractivity contribution in [1.82, 2.24) is 10.2 Å². The highest BCUT2D eigenvalue weighted by molar-refractivity contribution is 8.00. The molecule has 29 heavy (non-hydrogen) atoms. The molecular weight excluding hydrogens is 412 g/mol. The first-order valence-corrected chi connectivity index (χ1v) is 11.2. The molecule has 0 spiro atoms. The van der Waals surface area contributed by atoms with E-state index < -0.39 is 15.7 Å². The van der Waals surface area contributed by atoms with Gasteiger partial charge in [0.25, 0.3) is 5.91 Å². The van der Waals surface area contributed by atoms with Gasteiger partial charge in [-0.25, -0.2) is 8.42 Å². The molecule has 0 aromatic heterocycles. The third kappa shape index (κ3) is 4.98. The van der Waals surface area contributed by atoms with Crippen LogP contribution in [0.5, 0.6) is 0 Å². The van der Waals surface area contributed by atoms with E-state index in [2.05, 4.69) is 5.32 Å². The fraction of sp³-hybridized carbons (Fsp3) is 0.286. The fourth-order valence-electron chi connectivity index (χ4n) is 3.18. The number of ether oxygens (including phenoxy) is 1. The SMILES string of the molecule is CN(C)C(CNC(=O)C1=C(c2ccccc2)S(=O)(=O)CCO1)c1ccc(Cl)cc1. The maximum Gasteiger partial charge on any atom is 0.287 e. The molecule has 0 saturated heterocycles. The molecule has 3 rings (SSSR count). The van der Waals surface area contributed by atoms with Gasteiger partial charge < -0.3 is 15.0 Å². The largest absolute Gasteiger partial charge is 0.486 e. The van der Waals surface area contributed by atoms with Gasteiger partial charge in [0.1, 0.15) is 11.5 Å². The highest BCUT2D eigenvalue weighted by atomic mass is 35.5. The Labute approximate surface area is 176 Å². The smallest absolute Gasteiger partial charge is 0.287 e. The van der Waals surface area contributed by atoms with Gasteiger partial charge >= 0.3 is 0 Å². The van der Waals surface area contributed by atoms with Crippen LogP contribution in [0.3, 0.4) is 0 Å². The third-order valence-electron chi connectivity index (χ3n) is 4.69. The summed E-state index contributed by atoms with van der Waals surface area (Å²) in [5, 5.41) is 3.46. The van der Waals surface area contributed by atoms with E-state index in [4.69, 9.17) is 16.3 Å². The molecule has 1 aliphatic rings.